The van der Waals surface area contributed by atoms with Crippen LogP contribution in [0.5, 0.6) is 5.75 Å². The number of aromatic nitrogens is 4. The zero-order valence-corrected chi connectivity index (χ0v) is 15.9. The number of hydrogen-bond donors (Lipinski definition) is 1. The van der Waals surface area contributed by atoms with Crippen molar-refractivity contribution in [2.45, 2.75) is 18.9 Å². The number of nitrogens with one attached hydrogen (secondary N) is 1. The van der Waals surface area contributed by atoms with Gasteiger partial charge < -0.3 is 10.1 Å². The van der Waals surface area contributed by atoms with Crippen LogP contribution in [0.1, 0.15) is 24.4 Å². The average Bonchev–Trinajstić information content (AvgIpc) is 3.43. The second kappa shape index (κ2) is 7.82. The van der Waals surface area contributed by atoms with Crippen LogP contribution in [0.15, 0.2) is 48.5 Å². The number of rotatable bonds is 6. The Hall–Kier alpha value is -3.19. The summed E-state index contributed by atoms with van der Waals surface area (Å²) in [6, 6.07) is 13.1. The first kappa shape index (κ1) is 18.2. The minimum Gasteiger partial charge on any atom is -0.496 e. The van der Waals surface area contributed by atoms with E-state index < -0.39 is 0 Å². The summed E-state index contributed by atoms with van der Waals surface area (Å²) in [5, 5.41) is 15.4. The molecule has 0 bridgehead atoms. The minimum absolute atomic E-state index is 0.263. The number of anilines is 1. The third-order valence-electron chi connectivity index (χ3n) is 4.38. The lowest BCUT2D eigenvalue weighted by molar-refractivity contribution is -0.111. The Morgan fingerprint density at radius 1 is 1.29 bits per heavy atom. The predicted molar refractivity (Wildman–Crippen MR) is 107 cm³/mol. The highest BCUT2D eigenvalue weighted by Gasteiger charge is 2.28. The van der Waals surface area contributed by atoms with E-state index >= 15 is 0 Å². The molecule has 1 aliphatic rings. The van der Waals surface area contributed by atoms with E-state index in [4.69, 9.17) is 16.3 Å². The van der Waals surface area contributed by atoms with Gasteiger partial charge >= 0.3 is 0 Å². The number of hydrogen-bond acceptors (Lipinski definition) is 5. The van der Waals surface area contributed by atoms with Crippen LogP contribution in [0.25, 0.3) is 17.5 Å². The van der Waals surface area contributed by atoms with Gasteiger partial charge in [-0.3, -0.25) is 4.79 Å². The van der Waals surface area contributed by atoms with Crippen molar-refractivity contribution in [1.29, 1.82) is 0 Å². The summed E-state index contributed by atoms with van der Waals surface area (Å²) >= 11 is 6.02. The van der Waals surface area contributed by atoms with Crippen molar-refractivity contribution in [3.8, 4) is 17.1 Å². The van der Waals surface area contributed by atoms with Crippen molar-refractivity contribution >= 4 is 29.3 Å². The van der Waals surface area contributed by atoms with E-state index in [1.807, 2.05) is 28.9 Å². The van der Waals surface area contributed by atoms with Crippen LogP contribution in [-0.4, -0.2) is 33.2 Å². The zero-order valence-electron chi connectivity index (χ0n) is 15.2. The maximum atomic E-state index is 12.3. The lowest BCUT2D eigenvalue weighted by Gasteiger charge is -2.07. The summed E-state index contributed by atoms with van der Waals surface area (Å²) in [4.78, 5) is 12.3. The molecule has 0 aliphatic heterocycles. The molecule has 0 spiro atoms. The third kappa shape index (κ3) is 4.04. The molecular formula is C20H18ClN5O2. The monoisotopic (exact) mass is 395 g/mol. The smallest absolute Gasteiger partial charge is 0.248 e. The Morgan fingerprint density at radius 3 is 2.93 bits per heavy atom. The molecule has 1 aromatic heterocycles. The molecule has 1 heterocycles. The van der Waals surface area contributed by atoms with Crippen LogP contribution >= 0.6 is 11.6 Å². The van der Waals surface area contributed by atoms with E-state index in [1.165, 1.54) is 6.08 Å². The minimum atomic E-state index is -0.263. The topological polar surface area (TPSA) is 81.9 Å². The van der Waals surface area contributed by atoms with Crippen LogP contribution < -0.4 is 10.1 Å². The van der Waals surface area contributed by atoms with Gasteiger partial charge in [-0.25, -0.2) is 4.68 Å². The first-order chi connectivity index (χ1) is 13.6. The molecule has 1 fully saturated rings. The molecule has 1 aliphatic carbocycles. The summed E-state index contributed by atoms with van der Waals surface area (Å²) in [5.74, 6) is 1.08. The Morgan fingerprint density at radius 2 is 2.14 bits per heavy atom. The van der Waals surface area contributed by atoms with E-state index in [0.29, 0.717) is 28.3 Å². The highest BCUT2D eigenvalue weighted by Crippen LogP contribution is 2.36. The molecule has 0 unspecified atom stereocenters. The summed E-state index contributed by atoms with van der Waals surface area (Å²) in [7, 11) is 1.57. The summed E-state index contributed by atoms with van der Waals surface area (Å²) in [6.45, 7) is 0. The number of carbonyl (C=O) groups excluding carboxylic acids is 1. The third-order valence-corrected chi connectivity index (χ3v) is 4.61. The normalized spacial score (nSPS) is 13.6. The quantitative estimate of drug-likeness (QED) is 0.638. The van der Waals surface area contributed by atoms with E-state index in [0.717, 1.165) is 24.0 Å². The second-order valence-corrected chi connectivity index (χ2v) is 6.90. The number of nitrogens with zero attached hydrogens (tertiary/aromatic N) is 4. The van der Waals surface area contributed by atoms with Crippen molar-refractivity contribution in [3.63, 3.8) is 0 Å². The Bertz CT molecular complexity index is 1040. The first-order valence-electron chi connectivity index (χ1n) is 8.85. The van der Waals surface area contributed by atoms with Gasteiger partial charge in [0.05, 0.1) is 13.2 Å². The highest BCUT2D eigenvalue weighted by molar-refractivity contribution is 6.30. The summed E-state index contributed by atoms with van der Waals surface area (Å²) < 4.78 is 7.12. The Kier molecular flexibility index (Phi) is 5.08. The van der Waals surface area contributed by atoms with Crippen molar-refractivity contribution in [2.24, 2.45) is 0 Å². The molecule has 0 saturated heterocycles. The van der Waals surface area contributed by atoms with Crippen LogP contribution in [0.2, 0.25) is 5.02 Å². The van der Waals surface area contributed by atoms with Crippen molar-refractivity contribution in [2.75, 3.05) is 12.4 Å². The standard InChI is InChI=1S/C20H18ClN5O2/c1-28-18-9-6-15(21)11-13(18)5-10-19(27)22-16-4-2-3-14(12-16)20-23-24-25-26(20)17-7-8-17/h2-6,9-12,17H,7-8H2,1H3,(H,22,27)/b10-5+. The zero-order chi connectivity index (χ0) is 19.5. The first-order valence-corrected chi connectivity index (χ1v) is 9.23. The Balaban J connectivity index is 1.49. The molecule has 142 valence electrons. The van der Waals surface area contributed by atoms with Gasteiger partial charge in [0.1, 0.15) is 5.75 Å². The number of ether oxygens (including phenoxy) is 1. The van der Waals surface area contributed by atoms with E-state index in [9.17, 15) is 4.79 Å². The molecule has 3 aromatic rings. The maximum absolute atomic E-state index is 12.3. The highest BCUT2D eigenvalue weighted by atomic mass is 35.5. The number of benzene rings is 2. The Labute approximate surface area is 167 Å². The maximum Gasteiger partial charge on any atom is 0.248 e. The van der Waals surface area contributed by atoms with Gasteiger partial charge in [0.25, 0.3) is 0 Å². The van der Waals surface area contributed by atoms with Gasteiger partial charge in [0.2, 0.25) is 5.91 Å². The van der Waals surface area contributed by atoms with Crippen molar-refractivity contribution in [1.82, 2.24) is 20.2 Å². The van der Waals surface area contributed by atoms with E-state index in [-0.39, 0.29) is 5.91 Å². The fourth-order valence-corrected chi connectivity index (χ4v) is 3.05. The van der Waals surface area contributed by atoms with Gasteiger partial charge in [0.15, 0.2) is 5.82 Å². The molecule has 1 amide bonds. The van der Waals surface area contributed by atoms with Gasteiger partial charge in [0, 0.05) is 27.9 Å². The average molecular weight is 396 g/mol. The summed E-state index contributed by atoms with van der Waals surface area (Å²) in [6.07, 6.45) is 5.28. The van der Waals surface area contributed by atoms with E-state index in [2.05, 4.69) is 20.8 Å². The molecule has 7 nitrogen and oxygen atoms in total. The number of halogens is 1. The van der Waals surface area contributed by atoms with Crippen LogP contribution in [0.4, 0.5) is 5.69 Å². The molecule has 28 heavy (non-hydrogen) atoms. The SMILES string of the molecule is COc1ccc(Cl)cc1/C=C/C(=O)Nc1cccc(-c2nnnn2C2CC2)c1. The molecule has 2 aromatic carbocycles. The molecule has 1 N–H and O–H groups in total. The molecule has 4 rings (SSSR count). The van der Waals surface area contributed by atoms with Gasteiger partial charge in [-0.15, -0.1) is 5.10 Å². The lowest BCUT2D eigenvalue weighted by atomic mass is 10.1. The van der Waals surface area contributed by atoms with E-state index in [1.54, 1.807) is 31.4 Å². The van der Waals surface area contributed by atoms with Crippen LogP contribution in [0.3, 0.4) is 0 Å². The fourth-order valence-electron chi connectivity index (χ4n) is 2.87. The second-order valence-electron chi connectivity index (χ2n) is 6.47. The number of methoxy groups -OCH3 is 1. The molecule has 8 heteroatoms. The van der Waals surface area contributed by atoms with Crippen molar-refractivity contribution < 1.29 is 9.53 Å². The fraction of sp³-hybridized carbons (Fsp3) is 0.200. The number of tetrazole rings is 1. The number of amides is 1. The molecule has 0 atom stereocenters. The van der Waals surface area contributed by atoms with Crippen molar-refractivity contribution in [3.05, 3.63) is 59.1 Å². The molecular weight excluding hydrogens is 378 g/mol. The largest absolute Gasteiger partial charge is 0.496 e. The predicted octanol–water partition coefficient (Wildman–Crippen LogP) is 3.99. The lowest BCUT2D eigenvalue weighted by Crippen LogP contribution is -2.08. The summed E-state index contributed by atoms with van der Waals surface area (Å²) in [5.41, 5.74) is 2.24. The van der Waals surface area contributed by atoms with Gasteiger partial charge in [-0.2, -0.15) is 0 Å². The van der Waals surface area contributed by atoms with Gasteiger partial charge in [-0.05, 0) is 59.7 Å². The van der Waals surface area contributed by atoms with Gasteiger partial charge in [-0.1, -0.05) is 23.7 Å². The molecule has 1 saturated carbocycles. The molecule has 0 radical (unpaired) electrons. The van der Waals surface area contributed by atoms with Crippen LogP contribution in [-0.2, 0) is 4.79 Å². The van der Waals surface area contributed by atoms with Crippen LogP contribution in [0, 0.1) is 0 Å². The number of carbonyl (C=O) groups is 1.